The summed E-state index contributed by atoms with van der Waals surface area (Å²) in [6, 6.07) is 10.9. The number of hydrogen-bond acceptors (Lipinski definition) is 5. The summed E-state index contributed by atoms with van der Waals surface area (Å²) in [6.45, 7) is 5.64. The molecule has 0 saturated heterocycles. The molecule has 0 radical (unpaired) electrons. The van der Waals surface area contributed by atoms with Gasteiger partial charge in [0.25, 0.3) is 0 Å². The molecule has 144 valence electrons. The van der Waals surface area contributed by atoms with E-state index in [0.717, 1.165) is 22.4 Å². The summed E-state index contributed by atoms with van der Waals surface area (Å²) in [4.78, 5) is 14.0. The lowest BCUT2D eigenvalue weighted by Gasteiger charge is -2.27. The van der Waals surface area contributed by atoms with Crippen LogP contribution >= 0.6 is 11.3 Å². The van der Waals surface area contributed by atoms with Crippen LogP contribution in [0.2, 0.25) is 0 Å². The first-order valence-electron chi connectivity index (χ1n) is 8.57. The zero-order valence-corrected chi connectivity index (χ0v) is 17.4. The molecular weight excluding hydrogens is 382 g/mol. The van der Waals surface area contributed by atoms with E-state index in [9.17, 15) is 13.2 Å². The highest BCUT2D eigenvalue weighted by Crippen LogP contribution is 2.37. The van der Waals surface area contributed by atoms with E-state index in [1.165, 1.54) is 0 Å². The molecule has 8 heteroatoms. The van der Waals surface area contributed by atoms with Crippen molar-refractivity contribution in [2.24, 2.45) is 10.5 Å². The number of hydrazone groups is 1. The summed E-state index contributed by atoms with van der Waals surface area (Å²) in [5, 5.41) is 8.20. The van der Waals surface area contributed by atoms with E-state index in [0.29, 0.717) is 12.1 Å². The molecular formula is C19H23N3O3S2. The van der Waals surface area contributed by atoms with Crippen molar-refractivity contribution < 1.29 is 13.2 Å². The van der Waals surface area contributed by atoms with Gasteiger partial charge in [0.15, 0.2) is 0 Å². The van der Waals surface area contributed by atoms with Gasteiger partial charge in [-0.25, -0.2) is 13.4 Å². The maximum absolute atomic E-state index is 12.9. The third kappa shape index (κ3) is 4.56. The second-order valence-corrected chi connectivity index (χ2v) is 10.4. The van der Waals surface area contributed by atoms with Gasteiger partial charge in [0.1, 0.15) is 0 Å². The van der Waals surface area contributed by atoms with Crippen molar-refractivity contribution in [3.8, 4) is 0 Å². The molecule has 1 aromatic heterocycles. The van der Waals surface area contributed by atoms with Crippen LogP contribution in [0, 0.1) is 5.41 Å². The molecule has 1 N–H and O–H groups in total. The minimum absolute atomic E-state index is 0.0404. The topological polar surface area (TPSA) is 78.8 Å². The summed E-state index contributed by atoms with van der Waals surface area (Å²) >= 11 is 1.60. The van der Waals surface area contributed by atoms with E-state index in [1.807, 2.05) is 44.4 Å². The number of anilines is 1. The highest BCUT2D eigenvalue weighted by atomic mass is 32.2. The van der Waals surface area contributed by atoms with Crippen LogP contribution in [0.15, 0.2) is 46.9 Å². The molecule has 0 saturated carbocycles. The van der Waals surface area contributed by atoms with Gasteiger partial charge in [0, 0.05) is 22.4 Å². The number of benzene rings is 1. The predicted molar refractivity (Wildman–Crippen MR) is 109 cm³/mol. The van der Waals surface area contributed by atoms with Gasteiger partial charge in [-0.3, -0.25) is 9.52 Å². The number of nitrogens with zero attached hydrogens (tertiary/aromatic N) is 2. The minimum Gasteiger partial charge on any atom is -0.284 e. The van der Waals surface area contributed by atoms with Crippen LogP contribution in [0.4, 0.5) is 5.69 Å². The van der Waals surface area contributed by atoms with E-state index in [1.54, 1.807) is 34.5 Å². The van der Waals surface area contributed by atoms with Crippen LogP contribution in [0.1, 0.15) is 43.7 Å². The average molecular weight is 406 g/mol. The van der Waals surface area contributed by atoms with Crippen LogP contribution in [-0.2, 0) is 14.8 Å². The van der Waals surface area contributed by atoms with E-state index >= 15 is 0 Å². The van der Waals surface area contributed by atoms with Gasteiger partial charge in [-0.1, -0.05) is 39.0 Å². The van der Waals surface area contributed by atoms with E-state index in [2.05, 4.69) is 9.82 Å². The third-order valence-electron chi connectivity index (χ3n) is 4.13. The maximum atomic E-state index is 12.9. The van der Waals surface area contributed by atoms with Gasteiger partial charge < -0.3 is 0 Å². The van der Waals surface area contributed by atoms with Crippen molar-refractivity contribution in [1.82, 2.24) is 5.01 Å². The van der Waals surface area contributed by atoms with Crippen LogP contribution in [0.25, 0.3) is 0 Å². The molecule has 2 heterocycles. The Labute approximate surface area is 164 Å². The molecule has 0 spiro atoms. The van der Waals surface area contributed by atoms with Gasteiger partial charge in [-0.15, -0.1) is 11.3 Å². The van der Waals surface area contributed by atoms with Crippen molar-refractivity contribution in [3.63, 3.8) is 0 Å². The SMILES string of the molecule is CC(C)(C)C(=O)N1N=C(c2cccc(NS(C)(=O)=O)c2)C[C@@H]1c1cccs1. The second-order valence-electron chi connectivity index (χ2n) is 7.64. The zero-order chi connectivity index (χ0) is 19.8. The molecule has 1 atom stereocenters. The molecule has 3 rings (SSSR count). The van der Waals surface area contributed by atoms with Gasteiger partial charge in [0.2, 0.25) is 15.9 Å². The molecule has 2 aromatic rings. The molecule has 0 bridgehead atoms. The minimum atomic E-state index is -3.36. The fraction of sp³-hybridized carbons (Fsp3) is 0.368. The molecule has 0 unspecified atom stereocenters. The standard InChI is InChI=1S/C19H23N3O3S2/c1-19(2,3)18(23)22-16(17-9-6-10-26-17)12-15(20-22)13-7-5-8-14(11-13)21-27(4,24)25/h5-11,16,21H,12H2,1-4H3/t16-/m1/s1. The fourth-order valence-electron chi connectivity index (χ4n) is 2.89. The van der Waals surface area contributed by atoms with Crippen LogP contribution < -0.4 is 4.72 Å². The quantitative estimate of drug-likeness (QED) is 0.839. The number of thiophene rings is 1. The average Bonchev–Trinajstić information content (AvgIpc) is 3.21. The zero-order valence-electron chi connectivity index (χ0n) is 15.8. The van der Waals surface area contributed by atoms with Crippen molar-refractivity contribution in [1.29, 1.82) is 0 Å². The normalized spacial score (nSPS) is 17.7. The Morgan fingerprint density at radius 3 is 2.59 bits per heavy atom. The highest BCUT2D eigenvalue weighted by Gasteiger charge is 2.38. The number of amides is 1. The lowest BCUT2D eigenvalue weighted by Crippen LogP contribution is -2.36. The Balaban J connectivity index is 1.96. The van der Waals surface area contributed by atoms with E-state index < -0.39 is 15.4 Å². The third-order valence-corrected chi connectivity index (χ3v) is 5.71. The van der Waals surface area contributed by atoms with Crippen molar-refractivity contribution >= 4 is 38.7 Å². The largest absolute Gasteiger partial charge is 0.284 e. The van der Waals surface area contributed by atoms with Gasteiger partial charge in [0.05, 0.1) is 18.0 Å². The Bertz CT molecular complexity index is 974. The Morgan fingerprint density at radius 1 is 1.26 bits per heavy atom. The summed E-state index contributed by atoms with van der Waals surface area (Å²) in [6.07, 6.45) is 1.70. The second kappa shape index (κ2) is 7.09. The van der Waals surface area contributed by atoms with Gasteiger partial charge >= 0.3 is 0 Å². The first-order chi connectivity index (χ1) is 12.5. The number of sulfonamides is 1. The summed E-state index contributed by atoms with van der Waals surface area (Å²) in [5.74, 6) is -0.0404. The van der Waals surface area contributed by atoms with Crippen molar-refractivity contribution in [2.45, 2.75) is 33.2 Å². The lowest BCUT2D eigenvalue weighted by molar-refractivity contribution is -0.141. The Kier molecular flexibility index (Phi) is 5.14. The number of rotatable bonds is 4. The molecule has 1 aliphatic heterocycles. The monoisotopic (exact) mass is 405 g/mol. The maximum Gasteiger partial charge on any atom is 0.248 e. The first kappa shape index (κ1) is 19.6. The lowest BCUT2D eigenvalue weighted by atomic mass is 9.94. The molecule has 0 fully saturated rings. The summed E-state index contributed by atoms with van der Waals surface area (Å²) in [5.41, 5.74) is 1.50. The summed E-state index contributed by atoms with van der Waals surface area (Å²) < 4.78 is 25.5. The number of nitrogens with one attached hydrogen (secondary N) is 1. The van der Waals surface area contributed by atoms with Gasteiger partial charge in [-0.2, -0.15) is 5.10 Å². The molecule has 27 heavy (non-hydrogen) atoms. The number of carbonyl (C=O) groups is 1. The number of hydrogen-bond donors (Lipinski definition) is 1. The Morgan fingerprint density at radius 2 is 2.00 bits per heavy atom. The van der Waals surface area contributed by atoms with Crippen LogP contribution in [-0.4, -0.2) is 31.3 Å². The molecule has 0 aliphatic carbocycles. The first-order valence-corrected chi connectivity index (χ1v) is 11.3. The van der Waals surface area contributed by atoms with Crippen molar-refractivity contribution in [3.05, 3.63) is 52.2 Å². The van der Waals surface area contributed by atoms with E-state index in [4.69, 9.17) is 0 Å². The molecule has 1 amide bonds. The fourth-order valence-corrected chi connectivity index (χ4v) is 4.26. The summed E-state index contributed by atoms with van der Waals surface area (Å²) in [7, 11) is -3.36. The highest BCUT2D eigenvalue weighted by molar-refractivity contribution is 7.92. The predicted octanol–water partition coefficient (Wildman–Crippen LogP) is 3.84. The van der Waals surface area contributed by atoms with Crippen LogP contribution in [0.3, 0.4) is 0 Å². The van der Waals surface area contributed by atoms with E-state index in [-0.39, 0.29) is 11.9 Å². The molecule has 1 aliphatic rings. The van der Waals surface area contributed by atoms with Crippen LogP contribution in [0.5, 0.6) is 0 Å². The molecule has 6 nitrogen and oxygen atoms in total. The number of carbonyl (C=O) groups excluding carboxylic acids is 1. The smallest absolute Gasteiger partial charge is 0.248 e. The van der Waals surface area contributed by atoms with Crippen molar-refractivity contribution in [2.75, 3.05) is 11.0 Å². The molecule has 1 aromatic carbocycles. The van der Waals surface area contributed by atoms with Gasteiger partial charge in [-0.05, 0) is 29.1 Å². The Hall–Kier alpha value is -2.19.